The van der Waals surface area contributed by atoms with E-state index in [0.717, 1.165) is 38.7 Å². The van der Waals surface area contributed by atoms with Gasteiger partial charge in [-0.1, -0.05) is 6.07 Å². The summed E-state index contributed by atoms with van der Waals surface area (Å²) in [6.45, 7) is 8.09. The van der Waals surface area contributed by atoms with E-state index in [-0.39, 0.29) is 11.9 Å². The van der Waals surface area contributed by atoms with E-state index in [2.05, 4.69) is 15.2 Å². The van der Waals surface area contributed by atoms with Gasteiger partial charge in [0, 0.05) is 38.7 Å². The number of halogens is 1. The zero-order chi connectivity index (χ0) is 17.4. The lowest BCUT2D eigenvalue weighted by Crippen LogP contribution is -2.43. The molecule has 1 aromatic rings. The number of rotatable bonds is 7. The summed E-state index contributed by atoms with van der Waals surface area (Å²) in [7, 11) is 1.79. The topological polar surface area (TPSA) is 46.1 Å². The number of nitrogens with one attached hydrogen (secondary N) is 1. The maximum atomic E-state index is 13.2. The SMILES string of the molecule is CCOCC1CCN(C(=NC)NCC(C)Oc2cccc(F)c2)C1. The average molecular weight is 337 g/mol. The van der Waals surface area contributed by atoms with Crippen LogP contribution in [0.3, 0.4) is 0 Å². The van der Waals surface area contributed by atoms with Gasteiger partial charge in [0.1, 0.15) is 17.7 Å². The predicted octanol–water partition coefficient (Wildman–Crippen LogP) is 2.53. The molecule has 2 unspecified atom stereocenters. The summed E-state index contributed by atoms with van der Waals surface area (Å²) in [6, 6.07) is 6.20. The molecule has 1 aliphatic rings. The predicted molar refractivity (Wildman–Crippen MR) is 94.0 cm³/mol. The van der Waals surface area contributed by atoms with Gasteiger partial charge < -0.3 is 19.7 Å². The van der Waals surface area contributed by atoms with Crippen molar-refractivity contribution in [1.82, 2.24) is 10.2 Å². The van der Waals surface area contributed by atoms with E-state index < -0.39 is 0 Å². The van der Waals surface area contributed by atoms with Crippen molar-refractivity contribution in [3.05, 3.63) is 30.1 Å². The van der Waals surface area contributed by atoms with Crippen molar-refractivity contribution in [1.29, 1.82) is 0 Å². The minimum absolute atomic E-state index is 0.0922. The van der Waals surface area contributed by atoms with Crippen molar-refractivity contribution < 1.29 is 13.9 Å². The molecule has 0 bridgehead atoms. The molecular weight excluding hydrogens is 309 g/mol. The van der Waals surface area contributed by atoms with Gasteiger partial charge in [0.05, 0.1) is 13.2 Å². The van der Waals surface area contributed by atoms with Crippen LogP contribution in [0.25, 0.3) is 0 Å². The quantitative estimate of drug-likeness (QED) is 0.613. The Labute approximate surface area is 143 Å². The van der Waals surface area contributed by atoms with Gasteiger partial charge in [-0.05, 0) is 32.4 Å². The van der Waals surface area contributed by atoms with Gasteiger partial charge in [0.2, 0.25) is 0 Å². The van der Waals surface area contributed by atoms with Crippen molar-refractivity contribution in [2.45, 2.75) is 26.4 Å². The fraction of sp³-hybridized carbons (Fsp3) is 0.611. The van der Waals surface area contributed by atoms with Crippen molar-refractivity contribution in [2.75, 3.05) is 39.9 Å². The molecule has 0 radical (unpaired) electrons. The smallest absolute Gasteiger partial charge is 0.193 e. The lowest BCUT2D eigenvalue weighted by molar-refractivity contribution is 0.114. The van der Waals surface area contributed by atoms with E-state index in [4.69, 9.17) is 9.47 Å². The first kappa shape index (κ1) is 18.5. The van der Waals surface area contributed by atoms with Crippen LogP contribution in [0.5, 0.6) is 5.75 Å². The Balaban J connectivity index is 1.77. The molecule has 1 aliphatic heterocycles. The molecule has 1 heterocycles. The molecule has 0 aromatic heterocycles. The molecule has 1 N–H and O–H groups in total. The molecule has 1 saturated heterocycles. The number of nitrogens with zero attached hydrogens (tertiary/aromatic N) is 2. The monoisotopic (exact) mass is 337 g/mol. The Bertz CT molecular complexity index is 539. The number of hydrogen-bond donors (Lipinski definition) is 1. The van der Waals surface area contributed by atoms with E-state index >= 15 is 0 Å². The highest BCUT2D eigenvalue weighted by Gasteiger charge is 2.25. The Hall–Kier alpha value is -1.82. The molecule has 134 valence electrons. The molecule has 5 nitrogen and oxygen atoms in total. The third-order valence-corrected chi connectivity index (χ3v) is 4.04. The Kier molecular flexibility index (Phi) is 7.31. The highest BCUT2D eigenvalue weighted by atomic mass is 19.1. The van der Waals surface area contributed by atoms with Gasteiger partial charge in [-0.2, -0.15) is 0 Å². The van der Waals surface area contributed by atoms with Crippen LogP contribution in [-0.4, -0.2) is 56.9 Å². The molecule has 0 aliphatic carbocycles. The van der Waals surface area contributed by atoms with Gasteiger partial charge >= 0.3 is 0 Å². The van der Waals surface area contributed by atoms with Gasteiger partial charge in [0.25, 0.3) is 0 Å². The van der Waals surface area contributed by atoms with Crippen molar-refractivity contribution >= 4 is 5.96 Å². The highest BCUT2D eigenvalue weighted by molar-refractivity contribution is 5.80. The second-order valence-corrected chi connectivity index (χ2v) is 6.07. The second kappa shape index (κ2) is 9.47. The van der Waals surface area contributed by atoms with Crippen LogP contribution >= 0.6 is 0 Å². The average Bonchev–Trinajstić information content (AvgIpc) is 3.02. The number of ether oxygens (including phenoxy) is 2. The molecular formula is C18H28FN3O2. The summed E-state index contributed by atoms with van der Waals surface area (Å²) in [4.78, 5) is 6.60. The molecule has 6 heteroatoms. The molecule has 24 heavy (non-hydrogen) atoms. The first-order chi connectivity index (χ1) is 11.6. The van der Waals surface area contributed by atoms with Crippen LogP contribution in [0.15, 0.2) is 29.3 Å². The minimum Gasteiger partial charge on any atom is -0.489 e. The van der Waals surface area contributed by atoms with Gasteiger partial charge in [-0.15, -0.1) is 0 Å². The minimum atomic E-state index is -0.291. The van der Waals surface area contributed by atoms with E-state index in [0.29, 0.717) is 18.2 Å². The molecule has 1 fully saturated rings. The molecule has 0 saturated carbocycles. The maximum Gasteiger partial charge on any atom is 0.193 e. The normalized spacial score (nSPS) is 19.4. The van der Waals surface area contributed by atoms with Crippen molar-refractivity contribution in [2.24, 2.45) is 10.9 Å². The first-order valence-electron chi connectivity index (χ1n) is 8.58. The van der Waals surface area contributed by atoms with Crippen LogP contribution in [0.2, 0.25) is 0 Å². The maximum absolute atomic E-state index is 13.2. The fourth-order valence-corrected chi connectivity index (χ4v) is 2.83. The summed E-state index contributed by atoms with van der Waals surface area (Å²) in [5, 5.41) is 3.34. The number of hydrogen-bond acceptors (Lipinski definition) is 3. The second-order valence-electron chi connectivity index (χ2n) is 6.07. The van der Waals surface area contributed by atoms with Gasteiger partial charge in [-0.3, -0.25) is 4.99 Å². The molecule has 0 spiro atoms. The molecule has 2 rings (SSSR count). The summed E-state index contributed by atoms with van der Waals surface area (Å²) < 4.78 is 24.4. The number of aliphatic imine (C=N–C) groups is 1. The van der Waals surface area contributed by atoms with E-state index in [9.17, 15) is 4.39 Å². The van der Waals surface area contributed by atoms with Crippen LogP contribution in [0.4, 0.5) is 4.39 Å². The Morgan fingerprint density at radius 3 is 3.04 bits per heavy atom. The summed E-state index contributed by atoms with van der Waals surface area (Å²) in [5.41, 5.74) is 0. The lowest BCUT2D eigenvalue weighted by Gasteiger charge is -2.23. The Morgan fingerprint density at radius 1 is 1.50 bits per heavy atom. The lowest BCUT2D eigenvalue weighted by atomic mass is 10.1. The molecule has 1 aromatic carbocycles. The zero-order valence-corrected chi connectivity index (χ0v) is 14.8. The van der Waals surface area contributed by atoms with E-state index in [1.165, 1.54) is 12.1 Å². The summed E-state index contributed by atoms with van der Waals surface area (Å²) in [5.74, 6) is 1.69. The third-order valence-electron chi connectivity index (χ3n) is 4.04. The number of likely N-dealkylation sites (tertiary alicyclic amines) is 1. The standard InChI is InChI=1S/C18H28FN3O2/c1-4-23-13-15-8-9-22(12-15)18(20-3)21-11-14(2)24-17-7-5-6-16(19)10-17/h5-7,10,14-15H,4,8-9,11-13H2,1-3H3,(H,20,21). The number of guanidine groups is 1. The summed E-state index contributed by atoms with van der Waals surface area (Å²) in [6.07, 6.45) is 1.03. The fourth-order valence-electron chi connectivity index (χ4n) is 2.83. The molecule has 0 amide bonds. The van der Waals surface area contributed by atoms with Crippen molar-refractivity contribution in [3.63, 3.8) is 0 Å². The highest BCUT2D eigenvalue weighted by Crippen LogP contribution is 2.17. The van der Waals surface area contributed by atoms with Crippen LogP contribution in [-0.2, 0) is 4.74 Å². The van der Waals surface area contributed by atoms with Crippen LogP contribution in [0, 0.1) is 11.7 Å². The third kappa shape index (κ3) is 5.67. The van der Waals surface area contributed by atoms with Crippen molar-refractivity contribution in [3.8, 4) is 5.75 Å². The van der Waals surface area contributed by atoms with E-state index in [1.54, 1.807) is 19.2 Å². The summed E-state index contributed by atoms with van der Waals surface area (Å²) >= 11 is 0. The van der Waals surface area contributed by atoms with Gasteiger partial charge in [-0.25, -0.2) is 4.39 Å². The van der Waals surface area contributed by atoms with Crippen LogP contribution in [0.1, 0.15) is 20.3 Å². The first-order valence-corrected chi connectivity index (χ1v) is 8.58. The number of benzene rings is 1. The largest absolute Gasteiger partial charge is 0.489 e. The van der Waals surface area contributed by atoms with Crippen LogP contribution < -0.4 is 10.1 Å². The zero-order valence-electron chi connectivity index (χ0n) is 14.8. The van der Waals surface area contributed by atoms with E-state index in [1.807, 2.05) is 13.8 Å². The van der Waals surface area contributed by atoms with Gasteiger partial charge in [0.15, 0.2) is 5.96 Å². The Morgan fingerprint density at radius 2 is 2.33 bits per heavy atom. The molecule has 2 atom stereocenters.